The Hall–Kier alpha value is -0.850. The maximum Gasteiger partial charge on any atom is 0.191 e. The second-order valence-corrected chi connectivity index (χ2v) is 5.26. The highest BCUT2D eigenvalue weighted by Crippen LogP contribution is 2.17. The highest BCUT2D eigenvalue weighted by Gasteiger charge is 2.15. The second-order valence-electron chi connectivity index (χ2n) is 5.26. The Kier molecular flexibility index (Phi) is 8.64. The molecule has 0 spiro atoms. The van der Waals surface area contributed by atoms with Crippen molar-refractivity contribution in [3.63, 3.8) is 0 Å². The van der Waals surface area contributed by atoms with Gasteiger partial charge in [0.15, 0.2) is 5.96 Å². The van der Waals surface area contributed by atoms with Crippen molar-refractivity contribution in [2.45, 2.75) is 45.1 Å². The molecule has 0 aromatic heterocycles. The van der Waals surface area contributed by atoms with E-state index >= 15 is 0 Å². The molecule has 0 heterocycles. The molecule has 0 saturated heterocycles. The summed E-state index contributed by atoms with van der Waals surface area (Å²) in [6.07, 6.45) is 5.94. The van der Waals surface area contributed by atoms with Crippen molar-refractivity contribution in [1.82, 2.24) is 10.6 Å². The van der Waals surface area contributed by atoms with Crippen LogP contribution in [0, 0.1) is 5.82 Å². The number of benzene rings is 1. The molecule has 5 heteroatoms. The fourth-order valence-electron chi connectivity index (χ4n) is 2.53. The SMILES string of the molecule is CCNC(=NCCc1ccc(F)cc1)NC1CCCC1.I. The normalized spacial score (nSPS) is 15.6. The summed E-state index contributed by atoms with van der Waals surface area (Å²) < 4.78 is 12.8. The van der Waals surface area contributed by atoms with Crippen molar-refractivity contribution in [3.8, 4) is 0 Å². The fraction of sp³-hybridized carbons (Fsp3) is 0.562. The van der Waals surface area contributed by atoms with Crippen LogP contribution >= 0.6 is 24.0 Å². The topological polar surface area (TPSA) is 36.4 Å². The minimum Gasteiger partial charge on any atom is -0.357 e. The van der Waals surface area contributed by atoms with E-state index in [1.807, 2.05) is 12.1 Å². The first-order valence-electron chi connectivity index (χ1n) is 7.57. The van der Waals surface area contributed by atoms with Gasteiger partial charge in [-0.25, -0.2) is 4.39 Å². The minimum absolute atomic E-state index is 0. The third kappa shape index (κ3) is 6.63. The van der Waals surface area contributed by atoms with E-state index < -0.39 is 0 Å². The molecule has 2 N–H and O–H groups in total. The zero-order chi connectivity index (χ0) is 14.2. The molecule has 118 valence electrons. The average Bonchev–Trinajstić information content (AvgIpc) is 2.94. The highest BCUT2D eigenvalue weighted by atomic mass is 127. The summed E-state index contributed by atoms with van der Waals surface area (Å²) >= 11 is 0. The third-order valence-corrected chi connectivity index (χ3v) is 3.62. The van der Waals surface area contributed by atoms with Crippen molar-refractivity contribution in [2.75, 3.05) is 13.1 Å². The Balaban J connectivity index is 0.00000220. The Morgan fingerprint density at radius 1 is 1.24 bits per heavy atom. The van der Waals surface area contributed by atoms with Gasteiger partial charge in [0.1, 0.15) is 5.82 Å². The minimum atomic E-state index is -0.187. The van der Waals surface area contributed by atoms with Crippen molar-refractivity contribution < 1.29 is 4.39 Å². The monoisotopic (exact) mass is 405 g/mol. The van der Waals surface area contributed by atoms with Gasteiger partial charge in [-0.3, -0.25) is 4.99 Å². The first-order chi connectivity index (χ1) is 9.78. The van der Waals surface area contributed by atoms with Crippen LogP contribution in [0.5, 0.6) is 0 Å². The van der Waals surface area contributed by atoms with E-state index in [1.54, 1.807) is 0 Å². The summed E-state index contributed by atoms with van der Waals surface area (Å²) in [6.45, 7) is 3.66. The molecule has 0 amide bonds. The van der Waals surface area contributed by atoms with Gasteiger partial charge in [-0.15, -0.1) is 24.0 Å². The van der Waals surface area contributed by atoms with Crippen molar-refractivity contribution in [3.05, 3.63) is 35.6 Å². The van der Waals surface area contributed by atoms with E-state index in [0.717, 1.165) is 24.5 Å². The Labute approximate surface area is 143 Å². The summed E-state index contributed by atoms with van der Waals surface area (Å²) in [7, 11) is 0. The Morgan fingerprint density at radius 2 is 1.90 bits per heavy atom. The number of nitrogens with zero attached hydrogens (tertiary/aromatic N) is 1. The lowest BCUT2D eigenvalue weighted by Crippen LogP contribution is -2.42. The van der Waals surface area contributed by atoms with Crippen LogP contribution in [0.1, 0.15) is 38.2 Å². The largest absolute Gasteiger partial charge is 0.357 e. The predicted molar refractivity (Wildman–Crippen MR) is 96.9 cm³/mol. The van der Waals surface area contributed by atoms with Gasteiger partial charge in [-0.05, 0) is 43.9 Å². The standard InChI is InChI=1S/C16H24FN3.HI/c1-2-18-16(20-15-5-3-4-6-15)19-12-11-13-7-9-14(17)10-8-13;/h7-10,15H,2-6,11-12H2,1H3,(H2,18,19,20);1H. The molecule has 1 aromatic rings. The Morgan fingerprint density at radius 3 is 2.52 bits per heavy atom. The quantitative estimate of drug-likeness (QED) is 0.447. The van der Waals surface area contributed by atoms with E-state index in [2.05, 4.69) is 22.5 Å². The molecule has 1 fully saturated rings. The predicted octanol–water partition coefficient (Wildman–Crippen LogP) is 3.48. The molecule has 1 aromatic carbocycles. The highest BCUT2D eigenvalue weighted by molar-refractivity contribution is 14.0. The van der Waals surface area contributed by atoms with Crippen LogP contribution in [-0.4, -0.2) is 25.1 Å². The maximum atomic E-state index is 12.8. The number of aliphatic imine (C=N–C) groups is 1. The molecule has 1 saturated carbocycles. The van der Waals surface area contributed by atoms with Gasteiger partial charge < -0.3 is 10.6 Å². The molecular formula is C16H25FIN3. The van der Waals surface area contributed by atoms with Crippen LogP contribution in [-0.2, 0) is 6.42 Å². The fourth-order valence-corrected chi connectivity index (χ4v) is 2.53. The van der Waals surface area contributed by atoms with E-state index in [4.69, 9.17) is 0 Å². The lowest BCUT2D eigenvalue weighted by molar-refractivity contribution is 0.613. The molecule has 0 atom stereocenters. The summed E-state index contributed by atoms with van der Waals surface area (Å²) in [5, 5.41) is 6.77. The van der Waals surface area contributed by atoms with Crippen LogP contribution in [0.3, 0.4) is 0 Å². The van der Waals surface area contributed by atoms with Gasteiger partial charge in [0.25, 0.3) is 0 Å². The van der Waals surface area contributed by atoms with Crippen LogP contribution in [0.2, 0.25) is 0 Å². The Bertz CT molecular complexity index is 428. The molecule has 21 heavy (non-hydrogen) atoms. The molecule has 0 radical (unpaired) electrons. The van der Waals surface area contributed by atoms with Crippen molar-refractivity contribution in [1.29, 1.82) is 0 Å². The maximum absolute atomic E-state index is 12.8. The molecule has 3 nitrogen and oxygen atoms in total. The molecule has 2 rings (SSSR count). The van der Waals surface area contributed by atoms with Crippen molar-refractivity contribution in [2.24, 2.45) is 4.99 Å². The van der Waals surface area contributed by atoms with E-state index in [1.165, 1.54) is 37.8 Å². The number of rotatable bonds is 5. The van der Waals surface area contributed by atoms with Gasteiger partial charge in [0, 0.05) is 19.1 Å². The summed E-state index contributed by atoms with van der Waals surface area (Å²) in [5.41, 5.74) is 1.12. The third-order valence-electron chi connectivity index (χ3n) is 3.62. The van der Waals surface area contributed by atoms with E-state index in [9.17, 15) is 4.39 Å². The summed E-state index contributed by atoms with van der Waals surface area (Å²) in [6, 6.07) is 7.21. The first kappa shape index (κ1) is 18.2. The molecule has 0 aliphatic heterocycles. The lowest BCUT2D eigenvalue weighted by Gasteiger charge is -2.16. The zero-order valence-corrected chi connectivity index (χ0v) is 14.9. The smallest absolute Gasteiger partial charge is 0.191 e. The number of hydrogen-bond acceptors (Lipinski definition) is 1. The molecule has 0 bridgehead atoms. The molecule has 0 unspecified atom stereocenters. The van der Waals surface area contributed by atoms with Crippen LogP contribution in [0.4, 0.5) is 4.39 Å². The van der Waals surface area contributed by atoms with Crippen molar-refractivity contribution >= 4 is 29.9 Å². The number of hydrogen-bond donors (Lipinski definition) is 2. The van der Waals surface area contributed by atoms with E-state index in [-0.39, 0.29) is 29.8 Å². The first-order valence-corrected chi connectivity index (χ1v) is 7.57. The van der Waals surface area contributed by atoms with Gasteiger partial charge >= 0.3 is 0 Å². The molecule has 1 aliphatic carbocycles. The second kappa shape index (κ2) is 9.97. The molecule has 1 aliphatic rings. The van der Waals surface area contributed by atoms with Gasteiger partial charge in [0.2, 0.25) is 0 Å². The van der Waals surface area contributed by atoms with Gasteiger partial charge in [-0.2, -0.15) is 0 Å². The van der Waals surface area contributed by atoms with Crippen LogP contribution in [0.15, 0.2) is 29.3 Å². The van der Waals surface area contributed by atoms with Crippen LogP contribution in [0.25, 0.3) is 0 Å². The van der Waals surface area contributed by atoms with Gasteiger partial charge in [0.05, 0.1) is 0 Å². The van der Waals surface area contributed by atoms with E-state index in [0.29, 0.717) is 12.6 Å². The number of nitrogens with one attached hydrogen (secondary N) is 2. The summed E-state index contributed by atoms with van der Waals surface area (Å²) in [4.78, 5) is 4.60. The summed E-state index contributed by atoms with van der Waals surface area (Å²) in [5.74, 6) is 0.718. The molecular weight excluding hydrogens is 380 g/mol. The van der Waals surface area contributed by atoms with Crippen LogP contribution < -0.4 is 10.6 Å². The number of guanidine groups is 1. The number of halogens is 2. The lowest BCUT2D eigenvalue weighted by atomic mass is 10.1. The average molecular weight is 405 g/mol. The zero-order valence-electron chi connectivity index (χ0n) is 12.6. The van der Waals surface area contributed by atoms with Gasteiger partial charge in [-0.1, -0.05) is 25.0 Å².